The summed E-state index contributed by atoms with van der Waals surface area (Å²) in [7, 11) is 0. The Hall–Kier alpha value is -0.710. The molecule has 1 amide bonds. The number of likely N-dealkylation sites (tertiary alicyclic amines) is 1. The van der Waals surface area contributed by atoms with Crippen LogP contribution in [0.3, 0.4) is 0 Å². The van der Waals surface area contributed by atoms with Crippen molar-refractivity contribution < 1.29 is 4.79 Å². The fourth-order valence-corrected chi connectivity index (χ4v) is 3.75. The van der Waals surface area contributed by atoms with Gasteiger partial charge >= 0.3 is 0 Å². The molecular weight excluding hydrogens is 316 g/mol. The first kappa shape index (κ1) is 17.6. The summed E-state index contributed by atoms with van der Waals surface area (Å²) >= 11 is 7.93. The van der Waals surface area contributed by atoms with Crippen molar-refractivity contribution >= 4 is 29.3 Å². The third kappa shape index (κ3) is 4.90. The number of halogens is 1. The Balaban J connectivity index is 1.81. The monoisotopic (exact) mass is 340 g/mol. The molecule has 1 aliphatic rings. The third-order valence-corrected chi connectivity index (χ3v) is 5.49. The van der Waals surface area contributed by atoms with Crippen LogP contribution in [0.15, 0.2) is 24.3 Å². The summed E-state index contributed by atoms with van der Waals surface area (Å²) in [5.74, 6) is 0.277. The molecule has 1 aliphatic heterocycles. The molecule has 0 spiro atoms. The molecule has 1 saturated heterocycles. The minimum absolute atomic E-state index is 0.277. The maximum atomic E-state index is 11.7. The van der Waals surface area contributed by atoms with Crippen LogP contribution < -0.4 is 5.32 Å². The van der Waals surface area contributed by atoms with Crippen LogP contribution in [0.2, 0.25) is 5.02 Å². The number of nitrogens with one attached hydrogen (secondary N) is 1. The molecule has 0 bridgehead atoms. The van der Waals surface area contributed by atoms with E-state index in [1.165, 1.54) is 5.56 Å². The van der Waals surface area contributed by atoms with Gasteiger partial charge in [-0.2, -0.15) is 11.8 Å². The van der Waals surface area contributed by atoms with Crippen molar-refractivity contribution in [2.24, 2.45) is 0 Å². The van der Waals surface area contributed by atoms with E-state index in [9.17, 15) is 4.79 Å². The van der Waals surface area contributed by atoms with Gasteiger partial charge in [0.15, 0.2) is 0 Å². The molecule has 1 N–H and O–H groups in total. The van der Waals surface area contributed by atoms with Crippen molar-refractivity contribution in [2.45, 2.75) is 37.5 Å². The molecule has 3 nitrogen and oxygen atoms in total. The first-order valence-corrected chi connectivity index (χ1v) is 9.60. The van der Waals surface area contributed by atoms with Gasteiger partial charge in [-0.25, -0.2) is 0 Å². The van der Waals surface area contributed by atoms with E-state index in [4.69, 9.17) is 11.6 Å². The second kappa shape index (κ2) is 8.80. The third-order valence-electron chi connectivity index (χ3n) is 4.25. The van der Waals surface area contributed by atoms with E-state index in [0.29, 0.717) is 17.7 Å². The van der Waals surface area contributed by atoms with Crippen LogP contribution in [0, 0.1) is 0 Å². The Bertz CT molecular complexity index is 489. The van der Waals surface area contributed by atoms with Gasteiger partial charge < -0.3 is 10.2 Å². The summed E-state index contributed by atoms with van der Waals surface area (Å²) < 4.78 is 0. The zero-order valence-electron chi connectivity index (χ0n) is 13.3. The number of thioether (sulfide) groups is 1. The van der Waals surface area contributed by atoms with Crippen molar-refractivity contribution in [1.82, 2.24) is 10.2 Å². The fourth-order valence-electron chi connectivity index (χ4n) is 2.87. The number of hydrogen-bond donors (Lipinski definition) is 1. The van der Waals surface area contributed by atoms with Crippen molar-refractivity contribution in [2.75, 3.05) is 25.9 Å². The Labute approximate surface area is 142 Å². The lowest BCUT2D eigenvalue weighted by Gasteiger charge is -2.33. The number of carbonyl (C=O) groups excluding carboxylic acids is 1. The standard InChI is InChI=1S/C17H25ClN2OS/c1-3-17(21)20-9-7-15(8-10-20)19-12-16(22-2)13-5-4-6-14(18)11-13/h4-6,11,15-16,19H,3,7-10,12H2,1-2H3/t16-/m0/s1. The Morgan fingerprint density at radius 1 is 1.45 bits per heavy atom. The maximum Gasteiger partial charge on any atom is 0.222 e. The highest BCUT2D eigenvalue weighted by atomic mass is 35.5. The SMILES string of the molecule is CCC(=O)N1CCC(NC[C@H](SC)c2cccc(Cl)c2)CC1. The second-order valence-electron chi connectivity index (χ2n) is 5.70. The molecule has 0 aromatic heterocycles. The van der Waals surface area contributed by atoms with Gasteiger partial charge in [0.1, 0.15) is 0 Å². The van der Waals surface area contributed by atoms with Gasteiger partial charge in [0.25, 0.3) is 0 Å². The molecule has 0 aliphatic carbocycles. The van der Waals surface area contributed by atoms with E-state index in [1.54, 1.807) is 0 Å². The lowest BCUT2D eigenvalue weighted by molar-refractivity contribution is -0.131. The first-order chi connectivity index (χ1) is 10.6. The normalized spacial score (nSPS) is 17.5. The van der Waals surface area contributed by atoms with Crippen molar-refractivity contribution in [3.05, 3.63) is 34.9 Å². The molecule has 0 unspecified atom stereocenters. The van der Waals surface area contributed by atoms with E-state index < -0.39 is 0 Å². The first-order valence-electron chi connectivity index (χ1n) is 7.93. The van der Waals surface area contributed by atoms with Crippen LogP contribution >= 0.6 is 23.4 Å². The molecule has 1 aromatic rings. The number of amides is 1. The number of hydrogen-bond acceptors (Lipinski definition) is 3. The Morgan fingerprint density at radius 3 is 2.77 bits per heavy atom. The Kier molecular flexibility index (Phi) is 7.06. The minimum Gasteiger partial charge on any atom is -0.343 e. The Morgan fingerprint density at radius 2 is 2.18 bits per heavy atom. The molecule has 0 radical (unpaired) electrons. The zero-order chi connectivity index (χ0) is 15.9. The number of benzene rings is 1. The molecule has 1 heterocycles. The predicted molar refractivity (Wildman–Crippen MR) is 95.6 cm³/mol. The summed E-state index contributed by atoms with van der Waals surface area (Å²) in [6, 6.07) is 8.62. The van der Waals surface area contributed by atoms with Crippen LogP contribution in [0.4, 0.5) is 0 Å². The molecular formula is C17H25ClN2OS. The molecule has 0 saturated carbocycles. The number of nitrogens with zero attached hydrogens (tertiary/aromatic N) is 1. The highest BCUT2D eigenvalue weighted by Crippen LogP contribution is 2.28. The number of carbonyl (C=O) groups is 1. The van der Waals surface area contributed by atoms with Gasteiger partial charge in [-0.3, -0.25) is 4.79 Å². The van der Waals surface area contributed by atoms with Crippen molar-refractivity contribution in [3.63, 3.8) is 0 Å². The van der Waals surface area contributed by atoms with Gasteiger partial charge in [-0.05, 0) is 36.8 Å². The quantitative estimate of drug-likeness (QED) is 0.856. The van der Waals surface area contributed by atoms with Gasteiger partial charge in [0, 0.05) is 42.4 Å². The van der Waals surface area contributed by atoms with E-state index in [2.05, 4.69) is 17.6 Å². The lowest BCUT2D eigenvalue weighted by Crippen LogP contribution is -2.45. The van der Waals surface area contributed by atoms with E-state index in [1.807, 2.05) is 41.8 Å². The van der Waals surface area contributed by atoms with Crippen LogP contribution in [0.25, 0.3) is 0 Å². The molecule has 1 atom stereocenters. The van der Waals surface area contributed by atoms with Gasteiger partial charge in [-0.1, -0.05) is 30.7 Å². The largest absolute Gasteiger partial charge is 0.343 e. The zero-order valence-corrected chi connectivity index (χ0v) is 14.9. The van der Waals surface area contributed by atoms with E-state index >= 15 is 0 Å². The van der Waals surface area contributed by atoms with Crippen molar-refractivity contribution in [1.29, 1.82) is 0 Å². The summed E-state index contributed by atoms with van der Waals surface area (Å²) in [6.07, 6.45) is 4.84. The van der Waals surface area contributed by atoms with Crippen LogP contribution in [0.5, 0.6) is 0 Å². The van der Waals surface area contributed by atoms with E-state index in [0.717, 1.165) is 37.5 Å². The van der Waals surface area contributed by atoms with Crippen LogP contribution in [0.1, 0.15) is 37.0 Å². The molecule has 5 heteroatoms. The van der Waals surface area contributed by atoms with Gasteiger partial charge in [0.2, 0.25) is 5.91 Å². The summed E-state index contributed by atoms with van der Waals surface area (Å²) in [5.41, 5.74) is 1.27. The highest BCUT2D eigenvalue weighted by Gasteiger charge is 2.22. The molecule has 122 valence electrons. The van der Waals surface area contributed by atoms with Crippen LogP contribution in [-0.4, -0.2) is 42.7 Å². The average Bonchev–Trinajstić information content (AvgIpc) is 2.55. The minimum atomic E-state index is 0.277. The smallest absolute Gasteiger partial charge is 0.222 e. The highest BCUT2D eigenvalue weighted by molar-refractivity contribution is 7.98. The maximum absolute atomic E-state index is 11.7. The second-order valence-corrected chi connectivity index (χ2v) is 7.17. The lowest BCUT2D eigenvalue weighted by atomic mass is 10.0. The fraction of sp³-hybridized carbons (Fsp3) is 0.588. The molecule has 1 fully saturated rings. The topological polar surface area (TPSA) is 32.3 Å². The molecule has 1 aromatic carbocycles. The van der Waals surface area contributed by atoms with Crippen LogP contribution in [-0.2, 0) is 4.79 Å². The van der Waals surface area contributed by atoms with Gasteiger partial charge in [-0.15, -0.1) is 0 Å². The summed E-state index contributed by atoms with van der Waals surface area (Å²) in [5, 5.41) is 4.87. The number of rotatable bonds is 6. The van der Waals surface area contributed by atoms with Crippen molar-refractivity contribution in [3.8, 4) is 0 Å². The summed E-state index contributed by atoms with van der Waals surface area (Å²) in [6.45, 7) is 4.63. The summed E-state index contributed by atoms with van der Waals surface area (Å²) in [4.78, 5) is 13.7. The van der Waals surface area contributed by atoms with E-state index in [-0.39, 0.29) is 5.91 Å². The average molecular weight is 341 g/mol. The number of piperidine rings is 1. The molecule has 22 heavy (non-hydrogen) atoms. The van der Waals surface area contributed by atoms with Gasteiger partial charge in [0.05, 0.1) is 0 Å². The molecule has 2 rings (SSSR count). The predicted octanol–water partition coefficient (Wildman–Crippen LogP) is 3.73.